The molecule has 0 unspecified atom stereocenters. The molecule has 0 fully saturated rings. The summed E-state index contributed by atoms with van der Waals surface area (Å²) >= 11 is 3.62. The molecular formula is C11H11IN2O3S. The molecule has 0 saturated carbocycles. The van der Waals surface area contributed by atoms with Crippen LogP contribution in [0.4, 0.5) is 0 Å². The lowest BCUT2D eigenvalue weighted by Gasteiger charge is -2.14. The highest BCUT2D eigenvalue weighted by Crippen LogP contribution is 2.44. The fourth-order valence-electron chi connectivity index (χ4n) is 1.58. The number of halogens is 1. The summed E-state index contributed by atoms with van der Waals surface area (Å²) in [5.74, 6) is 1.78. The molecule has 1 aromatic heterocycles. The van der Waals surface area contributed by atoms with Crippen molar-refractivity contribution >= 4 is 33.9 Å². The molecule has 0 aliphatic heterocycles. The van der Waals surface area contributed by atoms with Crippen molar-refractivity contribution in [2.75, 3.05) is 21.3 Å². The number of hydrogen-bond donors (Lipinski definition) is 0. The van der Waals surface area contributed by atoms with Gasteiger partial charge in [0, 0.05) is 0 Å². The third-order valence-corrected chi connectivity index (χ3v) is 3.96. The summed E-state index contributed by atoms with van der Waals surface area (Å²) in [6.07, 6.45) is 0. The first kappa shape index (κ1) is 13.3. The molecule has 18 heavy (non-hydrogen) atoms. The lowest BCUT2D eigenvalue weighted by atomic mass is 10.2. The minimum Gasteiger partial charge on any atom is -0.493 e. The van der Waals surface area contributed by atoms with Gasteiger partial charge in [-0.3, -0.25) is 0 Å². The maximum Gasteiger partial charge on any atom is 0.204 e. The second kappa shape index (κ2) is 5.70. The van der Waals surface area contributed by atoms with Crippen LogP contribution in [0.1, 0.15) is 0 Å². The Morgan fingerprint density at radius 3 is 2.22 bits per heavy atom. The minimum atomic E-state index is 0.558. The number of ether oxygens (including phenoxy) is 3. The summed E-state index contributed by atoms with van der Waals surface area (Å²) < 4.78 is 16.8. The third kappa shape index (κ3) is 2.37. The second-order valence-electron chi connectivity index (χ2n) is 3.24. The largest absolute Gasteiger partial charge is 0.493 e. The molecule has 2 aromatic rings. The molecule has 0 atom stereocenters. The molecule has 0 radical (unpaired) electrons. The van der Waals surface area contributed by atoms with Crippen molar-refractivity contribution in [3.8, 4) is 27.8 Å². The van der Waals surface area contributed by atoms with Crippen molar-refractivity contribution in [1.82, 2.24) is 10.2 Å². The summed E-state index contributed by atoms with van der Waals surface area (Å²) in [6.45, 7) is 0. The van der Waals surface area contributed by atoms with Gasteiger partial charge in [-0.2, -0.15) is 0 Å². The van der Waals surface area contributed by atoms with Gasteiger partial charge in [-0.1, -0.05) is 11.3 Å². The van der Waals surface area contributed by atoms with E-state index in [1.807, 2.05) is 12.1 Å². The summed E-state index contributed by atoms with van der Waals surface area (Å²) in [7, 11) is 4.76. The van der Waals surface area contributed by atoms with E-state index in [0.29, 0.717) is 17.2 Å². The number of hydrogen-bond acceptors (Lipinski definition) is 6. The molecule has 0 spiro atoms. The van der Waals surface area contributed by atoms with Gasteiger partial charge in [-0.25, -0.2) is 0 Å². The quantitative estimate of drug-likeness (QED) is 0.766. The summed E-state index contributed by atoms with van der Waals surface area (Å²) in [5, 5.41) is 8.89. The van der Waals surface area contributed by atoms with Gasteiger partial charge in [0.1, 0.15) is 0 Å². The molecule has 96 valence electrons. The van der Waals surface area contributed by atoms with Crippen LogP contribution in [0.15, 0.2) is 12.1 Å². The summed E-state index contributed by atoms with van der Waals surface area (Å²) in [6, 6.07) is 3.71. The lowest BCUT2D eigenvalue weighted by Crippen LogP contribution is -1.96. The van der Waals surface area contributed by atoms with Gasteiger partial charge in [0.05, 0.1) is 26.9 Å². The Kier molecular flexibility index (Phi) is 4.23. The van der Waals surface area contributed by atoms with Gasteiger partial charge in [0.25, 0.3) is 0 Å². The standard InChI is InChI=1S/C11H11IN2O3S/c1-15-7-5-4-6(8(16-2)9(7)17-3)10-13-14-11(12)18-10/h4-5H,1-3H3. The van der Waals surface area contributed by atoms with Crippen LogP contribution in [0.25, 0.3) is 10.6 Å². The minimum absolute atomic E-state index is 0.558. The molecule has 0 aliphatic rings. The van der Waals surface area contributed by atoms with Crippen molar-refractivity contribution in [1.29, 1.82) is 0 Å². The predicted molar refractivity (Wildman–Crippen MR) is 77.7 cm³/mol. The van der Waals surface area contributed by atoms with Crippen LogP contribution in [0, 0.1) is 3.01 Å². The van der Waals surface area contributed by atoms with E-state index in [0.717, 1.165) is 13.6 Å². The van der Waals surface area contributed by atoms with Crippen molar-refractivity contribution in [3.05, 3.63) is 15.1 Å². The first-order valence-corrected chi connectivity index (χ1v) is 6.89. The number of aromatic nitrogens is 2. The Morgan fingerprint density at radius 1 is 1.00 bits per heavy atom. The van der Waals surface area contributed by atoms with E-state index in [4.69, 9.17) is 14.2 Å². The fourth-order valence-corrected chi connectivity index (χ4v) is 2.91. The zero-order valence-corrected chi connectivity index (χ0v) is 13.0. The van der Waals surface area contributed by atoms with E-state index in [1.54, 1.807) is 21.3 Å². The summed E-state index contributed by atoms with van der Waals surface area (Å²) in [5.41, 5.74) is 0.843. The molecular weight excluding hydrogens is 367 g/mol. The first-order valence-electron chi connectivity index (χ1n) is 4.99. The molecule has 7 heteroatoms. The highest BCUT2D eigenvalue weighted by Gasteiger charge is 2.19. The highest BCUT2D eigenvalue weighted by atomic mass is 127. The van der Waals surface area contributed by atoms with E-state index in [1.165, 1.54) is 11.3 Å². The summed E-state index contributed by atoms with van der Waals surface area (Å²) in [4.78, 5) is 0. The number of rotatable bonds is 4. The topological polar surface area (TPSA) is 53.5 Å². The van der Waals surface area contributed by atoms with Gasteiger partial charge in [0.2, 0.25) is 5.75 Å². The molecule has 0 amide bonds. The monoisotopic (exact) mass is 378 g/mol. The van der Waals surface area contributed by atoms with Gasteiger partial charge >= 0.3 is 0 Å². The molecule has 0 saturated heterocycles. The molecule has 0 aliphatic carbocycles. The van der Waals surface area contributed by atoms with Crippen LogP contribution >= 0.6 is 33.9 Å². The van der Waals surface area contributed by atoms with Crippen LogP contribution in [-0.4, -0.2) is 31.5 Å². The lowest BCUT2D eigenvalue weighted by molar-refractivity contribution is 0.325. The Hall–Kier alpha value is -1.09. The maximum absolute atomic E-state index is 5.40. The Labute approximate surface area is 122 Å². The number of methoxy groups -OCH3 is 3. The van der Waals surface area contributed by atoms with Gasteiger partial charge in [0.15, 0.2) is 19.5 Å². The third-order valence-electron chi connectivity index (χ3n) is 2.33. The maximum atomic E-state index is 5.40. The van der Waals surface area contributed by atoms with Gasteiger partial charge in [-0.05, 0) is 34.7 Å². The van der Waals surface area contributed by atoms with Crippen molar-refractivity contribution in [3.63, 3.8) is 0 Å². The van der Waals surface area contributed by atoms with E-state index in [9.17, 15) is 0 Å². The average molecular weight is 378 g/mol. The van der Waals surface area contributed by atoms with E-state index in [2.05, 4.69) is 32.8 Å². The van der Waals surface area contributed by atoms with Crippen LogP contribution in [-0.2, 0) is 0 Å². The molecule has 1 aromatic carbocycles. The van der Waals surface area contributed by atoms with E-state index >= 15 is 0 Å². The van der Waals surface area contributed by atoms with Gasteiger partial charge < -0.3 is 14.2 Å². The normalized spacial score (nSPS) is 10.2. The highest BCUT2D eigenvalue weighted by molar-refractivity contribution is 14.1. The second-order valence-corrected chi connectivity index (χ2v) is 5.97. The predicted octanol–water partition coefficient (Wildman–Crippen LogP) is 2.84. The first-order chi connectivity index (χ1) is 8.71. The molecule has 0 bridgehead atoms. The smallest absolute Gasteiger partial charge is 0.204 e. The van der Waals surface area contributed by atoms with Crippen LogP contribution in [0.3, 0.4) is 0 Å². The zero-order valence-electron chi connectivity index (χ0n) is 10.1. The Balaban J connectivity index is 2.61. The molecule has 0 N–H and O–H groups in total. The zero-order chi connectivity index (χ0) is 13.1. The van der Waals surface area contributed by atoms with E-state index < -0.39 is 0 Å². The number of nitrogens with zero attached hydrogens (tertiary/aromatic N) is 2. The van der Waals surface area contributed by atoms with Crippen molar-refractivity contribution in [2.24, 2.45) is 0 Å². The molecule has 1 heterocycles. The Bertz CT molecular complexity index is 559. The molecule has 2 rings (SSSR count). The Morgan fingerprint density at radius 2 is 1.72 bits per heavy atom. The van der Waals surface area contributed by atoms with Crippen LogP contribution in [0.5, 0.6) is 17.2 Å². The molecule has 5 nitrogen and oxygen atoms in total. The van der Waals surface area contributed by atoms with Crippen molar-refractivity contribution < 1.29 is 14.2 Å². The average Bonchev–Trinajstić information content (AvgIpc) is 2.83. The van der Waals surface area contributed by atoms with Gasteiger partial charge in [-0.15, -0.1) is 10.2 Å². The van der Waals surface area contributed by atoms with Crippen LogP contribution in [0.2, 0.25) is 0 Å². The fraction of sp³-hybridized carbons (Fsp3) is 0.273. The van der Waals surface area contributed by atoms with E-state index in [-0.39, 0.29) is 0 Å². The van der Waals surface area contributed by atoms with Crippen molar-refractivity contribution in [2.45, 2.75) is 0 Å². The number of benzene rings is 1. The SMILES string of the molecule is COc1ccc(-c2nnc(I)s2)c(OC)c1OC. The van der Waals surface area contributed by atoms with Crippen LogP contribution < -0.4 is 14.2 Å².